The van der Waals surface area contributed by atoms with E-state index in [4.69, 9.17) is 0 Å². The molecule has 3 aliphatic rings. The number of anilines is 1. The molecule has 2 atom stereocenters. The van der Waals surface area contributed by atoms with Gasteiger partial charge >= 0.3 is 0 Å². The number of carbonyl (C=O) groups is 2. The van der Waals surface area contributed by atoms with Crippen LogP contribution in [0.15, 0.2) is 24.3 Å². The third kappa shape index (κ3) is 4.24. The molecule has 1 aromatic rings. The van der Waals surface area contributed by atoms with Crippen molar-refractivity contribution in [1.82, 2.24) is 9.80 Å². The van der Waals surface area contributed by atoms with Crippen LogP contribution < -0.4 is 4.90 Å². The van der Waals surface area contributed by atoms with E-state index in [9.17, 15) is 9.59 Å². The average molecular weight is 384 g/mol. The lowest BCUT2D eigenvalue weighted by molar-refractivity contribution is -0.130. The Kier molecular flexibility index (Phi) is 5.72. The van der Waals surface area contributed by atoms with Crippen LogP contribution in [0.25, 0.3) is 0 Å². The molecular weight excluding hydrogens is 350 g/mol. The number of fused-ring (bicyclic) bond motifs is 3. The second-order valence-electron chi connectivity index (χ2n) is 8.87. The van der Waals surface area contributed by atoms with Gasteiger partial charge in [0.2, 0.25) is 11.8 Å². The lowest BCUT2D eigenvalue weighted by Crippen LogP contribution is -2.53. The second kappa shape index (κ2) is 8.24. The quantitative estimate of drug-likeness (QED) is 0.786. The van der Waals surface area contributed by atoms with Crippen LogP contribution in [0.5, 0.6) is 0 Å². The van der Waals surface area contributed by atoms with E-state index >= 15 is 0 Å². The molecule has 28 heavy (non-hydrogen) atoms. The fraction of sp³-hybridized carbons (Fsp3) is 0.652. The fourth-order valence-electron chi connectivity index (χ4n) is 5.02. The Balaban J connectivity index is 1.70. The van der Waals surface area contributed by atoms with Crippen LogP contribution >= 0.6 is 0 Å². The van der Waals surface area contributed by atoms with Gasteiger partial charge in [0.15, 0.2) is 0 Å². The van der Waals surface area contributed by atoms with Gasteiger partial charge in [-0.2, -0.15) is 0 Å². The Labute approximate surface area is 168 Å². The highest BCUT2D eigenvalue weighted by atomic mass is 16.2. The van der Waals surface area contributed by atoms with Gasteiger partial charge in [-0.25, -0.2) is 0 Å². The minimum atomic E-state index is 0.0853. The number of hydrogen-bond donors (Lipinski definition) is 0. The van der Waals surface area contributed by atoms with Gasteiger partial charge in [-0.3, -0.25) is 14.5 Å². The number of hydrogen-bond acceptors (Lipinski definition) is 3. The zero-order valence-electron chi connectivity index (χ0n) is 17.3. The van der Waals surface area contributed by atoms with Crippen molar-refractivity contribution in [2.24, 2.45) is 5.92 Å². The maximum Gasteiger partial charge on any atom is 0.223 e. The van der Waals surface area contributed by atoms with Gasteiger partial charge in [-0.15, -0.1) is 0 Å². The van der Waals surface area contributed by atoms with Gasteiger partial charge in [0.25, 0.3) is 0 Å². The minimum Gasteiger partial charge on any atom is -0.337 e. The van der Waals surface area contributed by atoms with Crippen molar-refractivity contribution in [1.29, 1.82) is 0 Å². The largest absolute Gasteiger partial charge is 0.337 e. The number of para-hydroxylation sites is 1. The molecule has 2 heterocycles. The first-order valence-corrected chi connectivity index (χ1v) is 10.9. The van der Waals surface area contributed by atoms with Crippen LogP contribution in [-0.2, 0) is 16.1 Å². The molecule has 1 saturated carbocycles. The Morgan fingerprint density at radius 2 is 1.71 bits per heavy atom. The number of carbonyl (C=O) groups excluding carboxylic acids is 2. The highest BCUT2D eigenvalue weighted by Gasteiger charge is 2.37. The van der Waals surface area contributed by atoms with Gasteiger partial charge in [-0.05, 0) is 49.7 Å². The van der Waals surface area contributed by atoms with Crippen molar-refractivity contribution in [3.8, 4) is 0 Å². The van der Waals surface area contributed by atoms with Crippen LogP contribution in [0, 0.1) is 5.92 Å². The van der Waals surface area contributed by atoms with Gasteiger partial charge < -0.3 is 9.80 Å². The molecule has 2 amide bonds. The van der Waals surface area contributed by atoms with Gasteiger partial charge in [0.1, 0.15) is 0 Å². The van der Waals surface area contributed by atoms with Crippen molar-refractivity contribution in [2.45, 2.75) is 71.0 Å². The van der Waals surface area contributed by atoms with E-state index in [1.54, 1.807) is 13.8 Å². The van der Waals surface area contributed by atoms with Gasteiger partial charge in [0, 0.05) is 57.8 Å². The molecule has 5 nitrogen and oxygen atoms in total. The third-order valence-electron chi connectivity index (χ3n) is 6.76. The van der Waals surface area contributed by atoms with Crippen LogP contribution in [0.3, 0.4) is 0 Å². The number of piperidine rings is 1. The van der Waals surface area contributed by atoms with E-state index in [0.717, 1.165) is 43.2 Å². The normalized spacial score (nSPS) is 26.4. The molecule has 5 heteroatoms. The summed E-state index contributed by atoms with van der Waals surface area (Å²) >= 11 is 0. The molecule has 1 aliphatic carbocycles. The molecule has 2 fully saturated rings. The average Bonchev–Trinajstić information content (AvgIpc) is 3.47. The molecule has 0 radical (unpaired) electrons. The number of rotatable bonds is 2. The van der Waals surface area contributed by atoms with Crippen LogP contribution in [0.1, 0.15) is 57.9 Å². The van der Waals surface area contributed by atoms with Crippen LogP contribution in [-0.4, -0.2) is 53.3 Å². The first kappa shape index (κ1) is 19.4. The molecule has 1 aromatic carbocycles. The summed E-state index contributed by atoms with van der Waals surface area (Å²) in [6.07, 6.45) is 7.29. The second-order valence-corrected chi connectivity index (χ2v) is 8.87. The van der Waals surface area contributed by atoms with E-state index in [0.29, 0.717) is 18.6 Å². The van der Waals surface area contributed by atoms with E-state index in [-0.39, 0.29) is 11.8 Å². The summed E-state index contributed by atoms with van der Waals surface area (Å²) in [5.41, 5.74) is 2.03. The van der Waals surface area contributed by atoms with Crippen molar-refractivity contribution in [3.05, 3.63) is 29.8 Å². The minimum absolute atomic E-state index is 0.0853. The Morgan fingerprint density at radius 1 is 0.964 bits per heavy atom. The van der Waals surface area contributed by atoms with Crippen LogP contribution in [0.4, 0.5) is 5.69 Å². The van der Waals surface area contributed by atoms with Crippen molar-refractivity contribution in [2.75, 3.05) is 24.5 Å². The topological polar surface area (TPSA) is 43.9 Å². The van der Waals surface area contributed by atoms with Gasteiger partial charge in [-0.1, -0.05) is 24.6 Å². The lowest BCUT2D eigenvalue weighted by Gasteiger charge is -2.44. The highest BCUT2D eigenvalue weighted by Crippen LogP contribution is 2.36. The number of nitrogens with zero attached hydrogens (tertiary/aromatic N) is 3. The molecule has 2 unspecified atom stereocenters. The van der Waals surface area contributed by atoms with E-state index in [2.05, 4.69) is 11.0 Å². The third-order valence-corrected chi connectivity index (χ3v) is 6.76. The zero-order valence-corrected chi connectivity index (χ0v) is 17.3. The highest BCUT2D eigenvalue weighted by molar-refractivity contribution is 5.92. The summed E-state index contributed by atoms with van der Waals surface area (Å²) in [7, 11) is 0. The number of benzene rings is 1. The van der Waals surface area contributed by atoms with Crippen LogP contribution in [0.2, 0.25) is 0 Å². The van der Waals surface area contributed by atoms with E-state index in [1.807, 2.05) is 28.0 Å². The molecule has 0 spiro atoms. The maximum atomic E-state index is 12.5. The Morgan fingerprint density at radius 3 is 2.43 bits per heavy atom. The summed E-state index contributed by atoms with van der Waals surface area (Å²) in [5.74, 6) is 1.04. The van der Waals surface area contributed by atoms with Crippen molar-refractivity contribution < 1.29 is 9.59 Å². The van der Waals surface area contributed by atoms with Gasteiger partial charge in [0.05, 0.1) is 0 Å². The predicted octanol–water partition coefficient (Wildman–Crippen LogP) is 3.42. The summed E-state index contributed by atoms with van der Waals surface area (Å²) in [6, 6.07) is 9.05. The van der Waals surface area contributed by atoms with E-state index < -0.39 is 0 Å². The lowest BCUT2D eigenvalue weighted by atomic mass is 9.92. The first-order valence-electron chi connectivity index (χ1n) is 10.9. The standard InChI is InChI=1S/C23H33N3O2/c1-17(27)24-15-20-6-3-4-9-23(20)25(18(2)28)13-12-21-7-5-8-22(16-24)26(21)14-19-10-11-19/h3-4,6,9,19,21-22H,5,7-8,10-16H2,1-2H3. The molecule has 1 saturated heterocycles. The molecule has 2 bridgehead atoms. The Bertz CT molecular complexity index is 730. The molecule has 4 rings (SSSR count). The predicted molar refractivity (Wildman–Crippen MR) is 111 cm³/mol. The molecule has 2 aliphatic heterocycles. The molecule has 152 valence electrons. The summed E-state index contributed by atoms with van der Waals surface area (Å²) in [5, 5.41) is 0. The molecular formula is C23H33N3O2. The van der Waals surface area contributed by atoms with E-state index in [1.165, 1.54) is 32.1 Å². The summed E-state index contributed by atoms with van der Waals surface area (Å²) in [4.78, 5) is 31.6. The number of amides is 2. The smallest absolute Gasteiger partial charge is 0.223 e. The van der Waals surface area contributed by atoms with Crippen molar-refractivity contribution >= 4 is 17.5 Å². The molecule has 0 N–H and O–H groups in total. The summed E-state index contributed by atoms with van der Waals surface area (Å²) < 4.78 is 0. The first-order chi connectivity index (χ1) is 13.5. The monoisotopic (exact) mass is 383 g/mol. The Hall–Kier alpha value is -1.88. The zero-order chi connectivity index (χ0) is 19.7. The summed E-state index contributed by atoms with van der Waals surface area (Å²) in [6.45, 7) is 6.63. The SMILES string of the molecule is CC(=O)N1Cc2ccccc2N(C(C)=O)CCC2CCCC(C1)N2CC1CC1. The maximum absolute atomic E-state index is 12.5. The fourth-order valence-corrected chi connectivity index (χ4v) is 5.02. The van der Waals surface area contributed by atoms with Crippen molar-refractivity contribution in [3.63, 3.8) is 0 Å². The molecule has 0 aromatic heterocycles.